The number of nitro benzene ring substituents is 2. The maximum atomic E-state index is 13.0. The lowest BCUT2D eigenvalue weighted by molar-refractivity contribution is -0.385. The summed E-state index contributed by atoms with van der Waals surface area (Å²) in [4.78, 5) is 23.0. The number of hydrogen-bond donors (Lipinski definition) is 3. The molecule has 15 heteroatoms. The highest BCUT2D eigenvalue weighted by molar-refractivity contribution is 7.92. The summed E-state index contributed by atoms with van der Waals surface area (Å²) in [7, 11) is -4.39. The first-order chi connectivity index (χ1) is 16.5. The molecule has 0 aliphatic carbocycles. The second-order valence-corrected chi connectivity index (χ2v) is 9.12. The van der Waals surface area contributed by atoms with Crippen LogP contribution in [0.1, 0.15) is 0 Å². The molecule has 0 aliphatic rings. The molecule has 0 radical (unpaired) electrons. The second-order valence-electron chi connectivity index (χ2n) is 7.03. The molecule has 35 heavy (non-hydrogen) atoms. The number of rotatable bonds is 7. The van der Waals surface area contributed by atoms with Gasteiger partial charge in [-0.3, -0.25) is 25.0 Å². The lowest BCUT2D eigenvalue weighted by Crippen LogP contribution is -2.13. The van der Waals surface area contributed by atoms with Crippen LogP contribution in [0, 0.1) is 20.2 Å². The van der Waals surface area contributed by atoms with Gasteiger partial charge in [-0.05, 0) is 36.4 Å². The molecule has 4 aromatic rings. The summed E-state index contributed by atoms with van der Waals surface area (Å²) in [5.41, 5.74) is -0.773. The highest BCUT2D eigenvalue weighted by Crippen LogP contribution is 2.39. The number of aromatic amines is 1. The van der Waals surface area contributed by atoms with Gasteiger partial charge >= 0.3 is 0 Å². The molecule has 0 unspecified atom stereocenters. The van der Waals surface area contributed by atoms with E-state index in [-0.39, 0.29) is 28.1 Å². The third-order valence-corrected chi connectivity index (χ3v) is 6.41. The van der Waals surface area contributed by atoms with Crippen molar-refractivity contribution in [1.82, 2.24) is 4.98 Å². The summed E-state index contributed by atoms with van der Waals surface area (Å²) in [5.74, 6) is -0.463. The molecule has 0 saturated carbocycles. The molecule has 0 fully saturated rings. The Hall–Kier alpha value is -4.56. The van der Waals surface area contributed by atoms with Crippen molar-refractivity contribution in [3.63, 3.8) is 0 Å². The van der Waals surface area contributed by atoms with Crippen molar-refractivity contribution >= 4 is 61.0 Å². The maximum absolute atomic E-state index is 13.0. The van der Waals surface area contributed by atoms with Crippen molar-refractivity contribution in [2.24, 2.45) is 10.2 Å². The summed E-state index contributed by atoms with van der Waals surface area (Å²) in [5, 5.41) is 40.8. The van der Waals surface area contributed by atoms with Crippen LogP contribution in [0.3, 0.4) is 0 Å². The first-order valence-corrected chi connectivity index (χ1v) is 11.4. The van der Waals surface area contributed by atoms with E-state index in [4.69, 9.17) is 11.6 Å². The van der Waals surface area contributed by atoms with E-state index in [1.165, 1.54) is 36.4 Å². The van der Waals surface area contributed by atoms with Gasteiger partial charge in [-0.1, -0.05) is 11.6 Å². The highest BCUT2D eigenvalue weighted by Gasteiger charge is 2.23. The Morgan fingerprint density at radius 2 is 1.54 bits per heavy atom. The number of aromatic nitrogens is 1. The zero-order chi connectivity index (χ0) is 25.3. The molecule has 3 aromatic carbocycles. The Kier molecular flexibility index (Phi) is 6.07. The van der Waals surface area contributed by atoms with E-state index in [1.807, 2.05) is 0 Å². The van der Waals surface area contributed by atoms with Crippen LogP contribution in [0.4, 0.5) is 28.4 Å². The minimum Gasteiger partial charge on any atom is -0.493 e. The number of halogens is 1. The fourth-order valence-electron chi connectivity index (χ4n) is 3.11. The number of fused-ring (bicyclic) bond motifs is 1. The van der Waals surface area contributed by atoms with Gasteiger partial charge in [0, 0.05) is 40.4 Å². The number of aromatic hydroxyl groups is 1. The molecular formula is C20H13ClN6O7S. The molecule has 0 atom stereocenters. The van der Waals surface area contributed by atoms with E-state index < -0.39 is 36.3 Å². The number of benzene rings is 3. The topological polar surface area (TPSA) is 193 Å². The average molecular weight is 517 g/mol. The van der Waals surface area contributed by atoms with Crippen LogP contribution in [0.2, 0.25) is 5.02 Å². The number of nitrogens with zero attached hydrogens (tertiary/aromatic N) is 4. The van der Waals surface area contributed by atoms with Gasteiger partial charge in [0.25, 0.3) is 21.4 Å². The van der Waals surface area contributed by atoms with Gasteiger partial charge in [-0.15, -0.1) is 10.2 Å². The Bertz CT molecular complexity index is 1620. The predicted octanol–water partition coefficient (Wildman–Crippen LogP) is 5.56. The summed E-state index contributed by atoms with van der Waals surface area (Å²) < 4.78 is 28.4. The number of hydrogen-bond acceptors (Lipinski definition) is 9. The van der Waals surface area contributed by atoms with Crippen LogP contribution in [0.25, 0.3) is 10.9 Å². The molecule has 0 amide bonds. The van der Waals surface area contributed by atoms with Gasteiger partial charge in [0.1, 0.15) is 10.6 Å². The number of azo groups is 1. The molecule has 0 aliphatic heterocycles. The Morgan fingerprint density at radius 3 is 2.20 bits per heavy atom. The standard InChI is InChI=1S/C20H13ClN6O7S/c21-11-1-3-12(4-2-11)25-35(33,34)18-10-14(27(31)32)6-8-17(18)23-24-19-15-9-13(26(29)30)5-7-16(15)22-20(19)28/h1-10,22,25,28H. The largest absolute Gasteiger partial charge is 0.493 e. The van der Waals surface area contributed by atoms with Crippen molar-refractivity contribution < 1.29 is 23.4 Å². The molecule has 13 nitrogen and oxygen atoms in total. The van der Waals surface area contributed by atoms with Crippen molar-refractivity contribution in [2.45, 2.75) is 4.90 Å². The monoisotopic (exact) mass is 516 g/mol. The summed E-state index contributed by atoms with van der Waals surface area (Å²) >= 11 is 5.81. The quantitative estimate of drug-likeness (QED) is 0.162. The molecule has 4 rings (SSSR count). The van der Waals surface area contributed by atoms with E-state index in [0.29, 0.717) is 10.5 Å². The van der Waals surface area contributed by atoms with Gasteiger partial charge in [-0.2, -0.15) is 0 Å². The molecular weight excluding hydrogens is 504 g/mol. The van der Waals surface area contributed by atoms with E-state index in [2.05, 4.69) is 19.9 Å². The van der Waals surface area contributed by atoms with Gasteiger partial charge < -0.3 is 10.1 Å². The lowest BCUT2D eigenvalue weighted by Gasteiger charge is -2.10. The van der Waals surface area contributed by atoms with Gasteiger partial charge in [0.05, 0.1) is 15.4 Å². The van der Waals surface area contributed by atoms with Crippen LogP contribution in [-0.2, 0) is 10.0 Å². The lowest BCUT2D eigenvalue weighted by atomic mass is 10.2. The molecule has 0 bridgehead atoms. The van der Waals surface area contributed by atoms with E-state index in [9.17, 15) is 33.8 Å². The Labute approximate surface area is 201 Å². The van der Waals surface area contributed by atoms with Crippen molar-refractivity contribution in [2.75, 3.05) is 4.72 Å². The predicted molar refractivity (Wildman–Crippen MR) is 126 cm³/mol. The second kappa shape index (κ2) is 9.00. The number of nitrogens with one attached hydrogen (secondary N) is 2. The van der Waals surface area contributed by atoms with Gasteiger partial charge in [-0.25, -0.2) is 8.42 Å². The minimum atomic E-state index is -4.39. The van der Waals surface area contributed by atoms with Crippen LogP contribution in [0.15, 0.2) is 75.8 Å². The van der Waals surface area contributed by atoms with Crippen molar-refractivity contribution in [3.8, 4) is 5.88 Å². The van der Waals surface area contributed by atoms with Crippen LogP contribution in [0.5, 0.6) is 5.88 Å². The SMILES string of the molecule is O=[N+]([O-])c1ccc(N=Nc2c(O)[nH]c3ccc([N+](=O)[O-])cc23)c(S(=O)(=O)Nc2ccc(Cl)cc2)c1. The molecule has 0 saturated heterocycles. The van der Waals surface area contributed by atoms with Crippen molar-refractivity contribution in [3.05, 3.63) is 85.9 Å². The fourth-order valence-corrected chi connectivity index (χ4v) is 4.45. The van der Waals surface area contributed by atoms with Crippen LogP contribution >= 0.6 is 11.6 Å². The van der Waals surface area contributed by atoms with Crippen molar-refractivity contribution in [1.29, 1.82) is 0 Å². The molecule has 3 N–H and O–H groups in total. The number of anilines is 1. The number of H-pyrrole nitrogens is 1. The first-order valence-electron chi connectivity index (χ1n) is 9.53. The van der Waals surface area contributed by atoms with E-state index >= 15 is 0 Å². The number of nitro groups is 2. The third kappa shape index (κ3) is 4.87. The summed E-state index contributed by atoms with van der Waals surface area (Å²) in [6.45, 7) is 0. The first kappa shape index (κ1) is 23.6. The molecule has 1 aromatic heterocycles. The average Bonchev–Trinajstić information content (AvgIpc) is 3.12. The normalized spacial score (nSPS) is 11.7. The Morgan fingerprint density at radius 1 is 0.914 bits per heavy atom. The maximum Gasteiger partial charge on any atom is 0.270 e. The van der Waals surface area contributed by atoms with Gasteiger partial charge in [0.15, 0.2) is 5.69 Å². The highest BCUT2D eigenvalue weighted by atomic mass is 35.5. The smallest absolute Gasteiger partial charge is 0.270 e. The summed E-state index contributed by atoms with van der Waals surface area (Å²) in [6, 6.07) is 12.4. The van der Waals surface area contributed by atoms with Gasteiger partial charge in [0.2, 0.25) is 5.88 Å². The summed E-state index contributed by atoms with van der Waals surface area (Å²) in [6.07, 6.45) is 0. The number of sulfonamides is 1. The Balaban J connectivity index is 1.80. The van der Waals surface area contributed by atoms with Crippen LogP contribution < -0.4 is 4.72 Å². The fraction of sp³-hybridized carbons (Fsp3) is 0. The molecule has 0 spiro atoms. The zero-order valence-electron chi connectivity index (χ0n) is 17.2. The van der Waals surface area contributed by atoms with Crippen LogP contribution in [-0.4, -0.2) is 28.4 Å². The molecule has 1 heterocycles. The zero-order valence-corrected chi connectivity index (χ0v) is 18.8. The minimum absolute atomic E-state index is 0.144. The van der Waals surface area contributed by atoms with E-state index in [0.717, 1.165) is 24.3 Å². The van der Waals surface area contributed by atoms with E-state index in [1.54, 1.807) is 0 Å². The number of non-ortho nitro benzene ring substituents is 2. The third-order valence-electron chi connectivity index (χ3n) is 4.74. The molecule has 178 valence electrons.